The molecule has 0 bridgehead atoms. The Morgan fingerprint density at radius 1 is 1.32 bits per heavy atom. The normalized spacial score (nSPS) is 17.3. The van der Waals surface area contributed by atoms with Crippen LogP contribution in [0.4, 0.5) is 13.2 Å². The second-order valence-electron chi connectivity index (χ2n) is 4.82. The number of alkyl halides is 3. The fourth-order valence-electron chi connectivity index (χ4n) is 1.84. The number of ether oxygens (including phenoxy) is 1. The molecule has 0 saturated heterocycles. The lowest BCUT2D eigenvalue weighted by Crippen LogP contribution is -2.32. The van der Waals surface area contributed by atoms with Gasteiger partial charge in [-0.2, -0.15) is 13.2 Å². The maximum absolute atomic E-state index is 12.8. The summed E-state index contributed by atoms with van der Waals surface area (Å²) in [6.07, 6.45) is -1.64. The maximum Gasteiger partial charge on any atom is 0.419 e. The minimum atomic E-state index is -4.38. The Kier molecular flexibility index (Phi) is 4.34. The van der Waals surface area contributed by atoms with E-state index in [0.29, 0.717) is 19.0 Å². The summed E-state index contributed by atoms with van der Waals surface area (Å²) in [6.45, 7) is 2.50. The average molecular weight is 273 g/mol. The molecular weight excluding hydrogens is 255 g/mol. The summed E-state index contributed by atoms with van der Waals surface area (Å²) in [4.78, 5) is 0. The van der Waals surface area contributed by atoms with Crippen molar-refractivity contribution in [2.45, 2.75) is 44.5 Å². The first-order valence-corrected chi connectivity index (χ1v) is 6.57. The summed E-state index contributed by atoms with van der Waals surface area (Å²) >= 11 is 0. The molecule has 0 spiro atoms. The summed E-state index contributed by atoms with van der Waals surface area (Å²) in [5, 5.41) is 3.28. The summed E-state index contributed by atoms with van der Waals surface area (Å²) < 4.78 is 44.0. The topological polar surface area (TPSA) is 21.3 Å². The molecule has 0 aromatic heterocycles. The van der Waals surface area contributed by atoms with Crippen LogP contribution in [0, 0.1) is 0 Å². The standard InChI is InChI=1S/C14H18F3NO/c1-2-11(9-18-10-7-8-10)19-13-6-4-3-5-12(13)14(15,16)17/h3-6,10-11,18H,2,7-9H2,1H3. The van der Waals surface area contributed by atoms with Crippen LogP contribution in [-0.4, -0.2) is 18.7 Å². The van der Waals surface area contributed by atoms with Gasteiger partial charge < -0.3 is 10.1 Å². The molecule has 1 aromatic carbocycles. The zero-order valence-electron chi connectivity index (χ0n) is 10.8. The number of rotatable bonds is 6. The molecule has 0 aliphatic heterocycles. The van der Waals surface area contributed by atoms with Crippen LogP contribution >= 0.6 is 0 Å². The van der Waals surface area contributed by atoms with Crippen molar-refractivity contribution in [3.05, 3.63) is 29.8 Å². The zero-order valence-corrected chi connectivity index (χ0v) is 10.8. The number of halogens is 3. The lowest BCUT2D eigenvalue weighted by Gasteiger charge is -2.21. The number of hydrogen-bond acceptors (Lipinski definition) is 2. The van der Waals surface area contributed by atoms with Crippen LogP contribution in [0.25, 0.3) is 0 Å². The van der Waals surface area contributed by atoms with Crippen molar-refractivity contribution < 1.29 is 17.9 Å². The van der Waals surface area contributed by atoms with Gasteiger partial charge in [-0.3, -0.25) is 0 Å². The van der Waals surface area contributed by atoms with Gasteiger partial charge in [0.2, 0.25) is 0 Å². The lowest BCUT2D eigenvalue weighted by molar-refractivity contribution is -0.139. The molecule has 1 fully saturated rings. The van der Waals surface area contributed by atoms with Gasteiger partial charge in [-0.1, -0.05) is 19.1 Å². The molecule has 2 rings (SSSR count). The molecule has 1 atom stereocenters. The quantitative estimate of drug-likeness (QED) is 0.854. The van der Waals surface area contributed by atoms with Gasteiger partial charge in [0.15, 0.2) is 0 Å². The Hall–Kier alpha value is -1.23. The number of nitrogens with one attached hydrogen (secondary N) is 1. The molecule has 0 radical (unpaired) electrons. The van der Waals surface area contributed by atoms with Gasteiger partial charge in [0.1, 0.15) is 11.9 Å². The fraction of sp³-hybridized carbons (Fsp3) is 0.571. The second-order valence-corrected chi connectivity index (χ2v) is 4.82. The van der Waals surface area contributed by atoms with E-state index in [1.54, 1.807) is 6.07 Å². The third kappa shape index (κ3) is 4.13. The van der Waals surface area contributed by atoms with Gasteiger partial charge in [0.25, 0.3) is 0 Å². The van der Waals surface area contributed by atoms with E-state index >= 15 is 0 Å². The van der Waals surface area contributed by atoms with Crippen molar-refractivity contribution in [1.82, 2.24) is 5.32 Å². The second kappa shape index (κ2) is 5.82. The van der Waals surface area contributed by atoms with E-state index in [1.165, 1.54) is 12.1 Å². The molecule has 1 aromatic rings. The third-order valence-electron chi connectivity index (χ3n) is 3.15. The minimum Gasteiger partial charge on any atom is -0.488 e. The van der Waals surface area contributed by atoms with E-state index in [-0.39, 0.29) is 11.9 Å². The van der Waals surface area contributed by atoms with E-state index in [9.17, 15) is 13.2 Å². The highest BCUT2D eigenvalue weighted by Crippen LogP contribution is 2.36. The highest BCUT2D eigenvalue weighted by molar-refractivity contribution is 5.35. The Morgan fingerprint density at radius 2 is 2.00 bits per heavy atom. The molecule has 5 heteroatoms. The Bertz CT molecular complexity index is 415. The van der Waals surface area contributed by atoms with E-state index in [0.717, 1.165) is 18.9 Å². The van der Waals surface area contributed by atoms with Crippen molar-refractivity contribution in [2.24, 2.45) is 0 Å². The van der Waals surface area contributed by atoms with Crippen molar-refractivity contribution in [2.75, 3.05) is 6.54 Å². The molecule has 1 unspecified atom stereocenters. The summed E-state index contributed by atoms with van der Waals surface area (Å²) in [5.41, 5.74) is -0.708. The lowest BCUT2D eigenvalue weighted by atomic mass is 10.2. The van der Waals surface area contributed by atoms with Gasteiger partial charge in [-0.15, -0.1) is 0 Å². The molecule has 1 saturated carbocycles. The van der Waals surface area contributed by atoms with Crippen molar-refractivity contribution in [1.29, 1.82) is 0 Å². The van der Waals surface area contributed by atoms with Gasteiger partial charge in [-0.25, -0.2) is 0 Å². The highest BCUT2D eigenvalue weighted by atomic mass is 19.4. The minimum absolute atomic E-state index is 0.0838. The molecule has 2 nitrogen and oxygen atoms in total. The molecule has 19 heavy (non-hydrogen) atoms. The Labute approximate surface area is 111 Å². The van der Waals surface area contributed by atoms with Crippen molar-refractivity contribution in [3.63, 3.8) is 0 Å². The predicted octanol–water partition coefficient (Wildman–Crippen LogP) is 3.61. The van der Waals surface area contributed by atoms with E-state index in [2.05, 4.69) is 5.32 Å². The molecule has 0 heterocycles. The van der Waals surface area contributed by atoms with Crippen LogP contribution in [-0.2, 0) is 6.18 Å². The predicted molar refractivity (Wildman–Crippen MR) is 67.2 cm³/mol. The summed E-state index contributed by atoms with van der Waals surface area (Å²) in [7, 11) is 0. The van der Waals surface area contributed by atoms with Crippen LogP contribution in [0.2, 0.25) is 0 Å². The van der Waals surface area contributed by atoms with E-state index < -0.39 is 11.7 Å². The van der Waals surface area contributed by atoms with Gasteiger partial charge in [0, 0.05) is 12.6 Å². The first-order valence-electron chi connectivity index (χ1n) is 6.57. The number of benzene rings is 1. The first kappa shape index (κ1) is 14.2. The van der Waals surface area contributed by atoms with E-state index in [4.69, 9.17) is 4.74 Å². The largest absolute Gasteiger partial charge is 0.488 e. The van der Waals surface area contributed by atoms with Crippen molar-refractivity contribution >= 4 is 0 Å². The first-order chi connectivity index (χ1) is 9.00. The average Bonchev–Trinajstić information content (AvgIpc) is 3.17. The summed E-state index contributed by atoms with van der Waals surface area (Å²) in [5.74, 6) is -0.0838. The number of hydrogen-bond donors (Lipinski definition) is 1. The fourth-order valence-corrected chi connectivity index (χ4v) is 1.84. The molecular formula is C14H18F3NO. The van der Waals surface area contributed by atoms with Crippen molar-refractivity contribution in [3.8, 4) is 5.75 Å². The zero-order chi connectivity index (χ0) is 13.9. The molecule has 1 aliphatic carbocycles. The summed E-state index contributed by atoms with van der Waals surface area (Å²) in [6, 6.07) is 5.89. The maximum atomic E-state index is 12.8. The third-order valence-corrected chi connectivity index (χ3v) is 3.15. The van der Waals surface area contributed by atoms with Crippen LogP contribution in [0.5, 0.6) is 5.75 Å². The van der Waals surface area contributed by atoms with Crippen LogP contribution in [0.1, 0.15) is 31.7 Å². The molecule has 1 N–H and O–H groups in total. The van der Waals surface area contributed by atoms with Gasteiger partial charge in [0.05, 0.1) is 5.56 Å². The van der Waals surface area contributed by atoms with E-state index in [1.807, 2.05) is 6.92 Å². The monoisotopic (exact) mass is 273 g/mol. The Morgan fingerprint density at radius 3 is 2.58 bits per heavy atom. The number of para-hydroxylation sites is 1. The molecule has 0 amide bonds. The highest BCUT2D eigenvalue weighted by Gasteiger charge is 2.34. The SMILES string of the molecule is CCC(CNC1CC1)Oc1ccccc1C(F)(F)F. The van der Waals surface area contributed by atoms with Gasteiger partial charge >= 0.3 is 6.18 Å². The van der Waals surface area contributed by atoms with Crippen LogP contribution < -0.4 is 10.1 Å². The van der Waals surface area contributed by atoms with Gasteiger partial charge in [-0.05, 0) is 31.4 Å². The Balaban J connectivity index is 2.03. The molecule has 106 valence electrons. The van der Waals surface area contributed by atoms with Crippen LogP contribution in [0.15, 0.2) is 24.3 Å². The smallest absolute Gasteiger partial charge is 0.419 e. The van der Waals surface area contributed by atoms with Crippen LogP contribution in [0.3, 0.4) is 0 Å². The molecule has 1 aliphatic rings.